The fourth-order valence-corrected chi connectivity index (χ4v) is 2.66. The number of aliphatic hydroxyl groups is 2. The molecule has 0 aromatic heterocycles. The van der Waals surface area contributed by atoms with E-state index in [-0.39, 0.29) is 18.2 Å². The van der Waals surface area contributed by atoms with Crippen LogP contribution in [-0.4, -0.2) is 53.4 Å². The van der Waals surface area contributed by atoms with Crippen molar-refractivity contribution in [3.63, 3.8) is 0 Å². The molecule has 6 nitrogen and oxygen atoms in total. The monoisotopic (exact) mass is 289 g/mol. The number of methoxy groups -OCH3 is 1. The van der Waals surface area contributed by atoms with Crippen molar-refractivity contribution in [2.45, 2.75) is 70.7 Å². The van der Waals surface area contributed by atoms with Gasteiger partial charge in [-0.05, 0) is 13.3 Å². The van der Waals surface area contributed by atoms with Gasteiger partial charge in [-0.2, -0.15) is 0 Å². The fourth-order valence-electron chi connectivity index (χ4n) is 2.66. The molecule has 0 spiro atoms. The highest BCUT2D eigenvalue weighted by molar-refractivity contribution is 5.73. The van der Waals surface area contributed by atoms with Gasteiger partial charge in [-0.1, -0.05) is 13.8 Å². The van der Waals surface area contributed by atoms with Gasteiger partial charge in [0.15, 0.2) is 5.79 Å². The van der Waals surface area contributed by atoms with Crippen LogP contribution < -0.4 is 5.32 Å². The number of rotatable bonds is 5. The summed E-state index contributed by atoms with van der Waals surface area (Å²) in [6.45, 7) is 6.81. The summed E-state index contributed by atoms with van der Waals surface area (Å²) in [6.07, 6.45) is -1.04. The third kappa shape index (κ3) is 3.69. The summed E-state index contributed by atoms with van der Waals surface area (Å²) in [7, 11) is 1.54. The molecule has 1 aliphatic heterocycles. The summed E-state index contributed by atoms with van der Waals surface area (Å²) in [4.78, 5) is 11.3. The van der Waals surface area contributed by atoms with Gasteiger partial charge < -0.3 is 25.0 Å². The van der Waals surface area contributed by atoms with Crippen molar-refractivity contribution in [3.8, 4) is 0 Å². The van der Waals surface area contributed by atoms with E-state index in [9.17, 15) is 15.0 Å². The van der Waals surface area contributed by atoms with Crippen LogP contribution in [0, 0.1) is 5.92 Å². The van der Waals surface area contributed by atoms with E-state index >= 15 is 0 Å². The normalized spacial score (nSPS) is 37.2. The van der Waals surface area contributed by atoms with Crippen molar-refractivity contribution in [1.82, 2.24) is 5.32 Å². The van der Waals surface area contributed by atoms with Crippen LogP contribution in [0.15, 0.2) is 0 Å². The van der Waals surface area contributed by atoms with Gasteiger partial charge in [0.05, 0.1) is 24.4 Å². The van der Waals surface area contributed by atoms with Gasteiger partial charge >= 0.3 is 0 Å². The zero-order valence-corrected chi connectivity index (χ0v) is 12.9. The lowest BCUT2D eigenvalue weighted by Gasteiger charge is -2.48. The summed E-state index contributed by atoms with van der Waals surface area (Å²) in [5.41, 5.74) is 0. The van der Waals surface area contributed by atoms with Crippen molar-refractivity contribution in [1.29, 1.82) is 0 Å². The van der Waals surface area contributed by atoms with Crippen molar-refractivity contribution in [2.24, 2.45) is 5.92 Å². The van der Waals surface area contributed by atoms with E-state index in [1.165, 1.54) is 6.92 Å². The second-order valence-electron chi connectivity index (χ2n) is 5.65. The first-order valence-corrected chi connectivity index (χ1v) is 7.12. The third-order valence-electron chi connectivity index (χ3n) is 4.20. The Labute approximate surface area is 120 Å². The lowest BCUT2D eigenvalue weighted by molar-refractivity contribution is -0.304. The van der Waals surface area contributed by atoms with Crippen LogP contribution in [0.3, 0.4) is 0 Å². The molecule has 0 aromatic rings. The molecule has 0 aromatic carbocycles. The highest BCUT2D eigenvalue weighted by Crippen LogP contribution is 2.36. The summed E-state index contributed by atoms with van der Waals surface area (Å²) in [5.74, 6) is -1.35. The van der Waals surface area contributed by atoms with E-state index in [1.54, 1.807) is 14.0 Å². The molecule has 1 heterocycles. The van der Waals surface area contributed by atoms with Gasteiger partial charge in [-0.15, -0.1) is 0 Å². The van der Waals surface area contributed by atoms with E-state index in [4.69, 9.17) is 9.47 Å². The maximum atomic E-state index is 11.3. The Morgan fingerprint density at radius 3 is 2.55 bits per heavy atom. The van der Waals surface area contributed by atoms with Crippen LogP contribution in [-0.2, 0) is 14.3 Å². The van der Waals surface area contributed by atoms with Gasteiger partial charge in [-0.25, -0.2) is 0 Å². The van der Waals surface area contributed by atoms with Crippen molar-refractivity contribution < 1.29 is 24.5 Å². The van der Waals surface area contributed by atoms with E-state index in [0.29, 0.717) is 6.42 Å². The average Bonchev–Trinajstić information content (AvgIpc) is 2.39. The molecule has 1 fully saturated rings. The molecule has 1 rings (SSSR count). The largest absolute Gasteiger partial charge is 0.393 e. The fraction of sp³-hybridized carbons (Fsp3) is 0.929. The topological polar surface area (TPSA) is 88.0 Å². The number of aliphatic hydroxyl groups excluding tert-OH is 2. The van der Waals surface area contributed by atoms with E-state index in [0.717, 1.165) is 0 Å². The van der Waals surface area contributed by atoms with Crippen LogP contribution in [0.4, 0.5) is 0 Å². The number of nitrogens with one attached hydrogen (secondary N) is 1. The molecule has 6 unspecified atom stereocenters. The predicted octanol–water partition coefficient (Wildman–Crippen LogP) is 0.411. The predicted molar refractivity (Wildman–Crippen MR) is 74.0 cm³/mol. The van der Waals surface area contributed by atoms with E-state index in [1.807, 2.05) is 13.8 Å². The molecule has 1 aliphatic rings. The number of carbonyl (C=O) groups excluding carboxylic acids is 1. The standard InChI is InChI=1S/C14H27NO5/c1-6-14(19-5)7-11(18)12(15-10(4)17)13(20-14)8(2)9(3)16/h8-9,11-13,16,18H,6-7H2,1-5H3,(H,15,17). The second kappa shape index (κ2) is 6.85. The van der Waals surface area contributed by atoms with E-state index < -0.39 is 30.1 Å². The molecule has 118 valence electrons. The van der Waals surface area contributed by atoms with Crippen molar-refractivity contribution in [2.75, 3.05) is 7.11 Å². The molecule has 3 N–H and O–H groups in total. The molecular formula is C14H27NO5. The van der Waals surface area contributed by atoms with Gasteiger partial charge in [0.1, 0.15) is 0 Å². The van der Waals surface area contributed by atoms with Crippen LogP contribution in [0.25, 0.3) is 0 Å². The second-order valence-corrected chi connectivity index (χ2v) is 5.65. The molecule has 0 bridgehead atoms. The minimum absolute atomic E-state index is 0.234. The van der Waals surface area contributed by atoms with Crippen LogP contribution in [0.2, 0.25) is 0 Å². The first-order chi connectivity index (χ1) is 9.26. The number of ether oxygens (including phenoxy) is 2. The molecule has 20 heavy (non-hydrogen) atoms. The highest BCUT2D eigenvalue weighted by atomic mass is 16.7. The Kier molecular flexibility index (Phi) is 5.94. The van der Waals surface area contributed by atoms with Crippen molar-refractivity contribution in [3.05, 3.63) is 0 Å². The Hall–Kier alpha value is -0.690. The Morgan fingerprint density at radius 1 is 1.55 bits per heavy atom. The Bertz CT molecular complexity index is 330. The van der Waals surface area contributed by atoms with Gasteiger partial charge in [-0.3, -0.25) is 4.79 Å². The molecular weight excluding hydrogens is 262 g/mol. The van der Waals surface area contributed by atoms with Crippen LogP contribution >= 0.6 is 0 Å². The van der Waals surface area contributed by atoms with E-state index in [2.05, 4.69) is 5.32 Å². The SMILES string of the molecule is CCC1(OC)CC(O)C(NC(C)=O)C(C(C)C(C)O)O1. The molecule has 6 atom stereocenters. The first kappa shape index (κ1) is 17.4. The summed E-state index contributed by atoms with van der Waals surface area (Å²) in [5, 5.41) is 22.9. The number of carbonyl (C=O) groups is 1. The molecule has 0 saturated carbocycles. The molecule has 6 heteroatoms. The Balaban J connectivity index is 3.02. The van der Waals surface area contributed by atoms with Crippen LogP contribution in [0.1, 0.15) is 40.5 Å². The minimum Gasteiger partial charge on any atom is -0.393 e. The maximum Gasteiger partial charge on any atom is 0.217 e. The van der Waals surface area contributed by atoms with Crippen molar-refractivity contribution >= 4 is 5.91 Å². The lowest BCUT2D eigenvalue weighted by atomic mass is 9.84. The lowest BCUT2D eigenvalue weighted by Crippen LogP contribution is -2.63. The highest BCUT2D eigenvalue weighted by Gasteiger charge is 2.48. The zero-order chi connectivity index (χ0) is 15.5. The average molecular weight is 289 g/mol. The number of amides is 1. The van der Waals surface area contributed by atoms with Gasteiger partial charge in [0.2, 0.25) is 5.91 Å². The minimum atomic E-state index is -0.873. The number of hydrogen-bond acceptors (Lipinski definition) is 5. The maximum absolute atomic E-state index is 11.3. The van der Waals surface area contributed by atoms with Gasteiger partial charge in [0.25, 0.3) is 0 Å². The molecule has 1 amide bonds. The quantitative estimate of drug-likeness (QED) is 0.682. The number of hydrogen-bond donors (Lipinski definition) is 3. The smallest absolute Gasteiger partial charge is 0.217 e. The third-order valence-corrected chi connectivity index (χ3v) is 4.20. The summed E-state index contributed by atoms with van der Waals surface area (Å²) in [6, 6.07) is -0.549. The molecule has 0 radical (unpaired) electrons. The first-order valence-electron chi connectivity index (χ1n) is 7.12. The summed E-state index contributed by atoms with van der Waals surface area (Å²) < 4.78 is 11.5. The zero-order valence-electron chi connectivity index (χ0n) is 12.9. The summed E-state index contributed by atoms with van der Waals surface area (Å²) >= 11 is 0. The molecule has 1 saturated heterocycles. The Morgan fingerprint density at radius 2 is 2.15 bits per heavy atom. The van der Waals surface area contributed by atoms with Gasteiger partial charge in [0, 0.05) is 26.4 Å². The molecule has 0 aliphatic carbocycles. The van der Waals surface area contributed by atoms with Crippen LogP contribution in [0.5, 0.6) is 0 Å².